The van der Waals surface area contributed by atoms with Crippen LogP contribution in [-0.4, -0.2) is 48.4 Å². The Morgan fingerprint density at radius 1 is 1.28 bits per heavy atom. The zero-order valence-electron chi connectivity index (χ0n) is 17.1. The molecule has 1 heterocycles. The number of hydrogen-bond donors (Lipinski definition) is 3. The third-order valence-electron chi connectivity index (χ3n) is 4.28. The van der Waals surface area contributed by atoms with E-state index in [1.54, 1.807) is 46.0 Å². The fourth-order valence-electron chi connectivity index (χ4n) is 2.93. The molecule has 29 heavy (non-hydrogen) atoms. The number of thioether (sulfide) groups is 1. The Hall–Kier alpha value is -2.59. The van der Waals surface area contributed by atoms with Gasteiger partial charge in [-0.25, -0.2) is 14.4 Å². The van der Waals surface area contributed by atoms with Gasteiger partial charge in [-0.15, -0.1) is 0 Å². The molecule has 1 aromatic carbocycles. The van der Waals surface area contributed by atoms with Crippen LogP contribution in [0.4, 0.5) is 15.3 Å². The molecular formula is C19H28N5O4S+. The molecule has 1 aromatic rings. The number of likely N-dealkylation sites (N-methyl/N-ethyl adjacent to an activating group) is 1. The van der Waals surface area contributed by atoms with E-state index in [1.807, 2.05) is 6.07 Å². The van der Waals surface area contributed by atoms with Gasteiger partial charge in [0.05, 0.1) is 11.9 Å². The van der Waals surface area contributed by atoms with E-state index in [-0.39, 0.29) is 17.6 Å². The third kappa shape index (κ3) is 5.48. The number of alkyl carbamates (subject to hydrolysis) is 1. The van der Waals surface area contributed by atoms with Gasteiger partial charge >= 0.3 is 17.2 Å². The highest BCUT2D eigenvalue weighted by Gasteiger charge is 2.53. The number of guanidine groups is 1. The molecule has 0 saturated heterocycles. The topological polar surface area (TPSA) is 137 Å². The molecule has 5 N–H and O–H groups in total. The summed E-state index contributed by atoms with van der Waals surface area (Å²) in [7, 11) is 1.54. The number of quaternary nitrogens is 1. The lowest BCUT2D eigenvalue weighted by molar-refractivity contribution is -0.128. The van der Waals surface area contributed by atoms with Crippen molar-refractivity contribution in [2.45, 2.75) is 50.2 Å². The number of para-hydroxylation sites is 1. The summed E-state index contributed by atoms with van der Waals surface area (Å²) < 4.78 is 4.75. The van der Waals surface area contributed by atoms with Crippen molar-refractivity contribution in [3.05, 3.63) is 24.3 Å². The number of nitrogens with two attached hydrogens (primary N) is 2. The Labute approximate surface area is 174 Å². The van der Waals surface area contributed by atoms with Crippen LogP contribution < -0.4 is 21.3 Å². The predicted molar refractivity (Wildman–Crippen MR) is 113 cm³/mol. The first-order valence-electron chi connectivity index (χ1n) is 9.23. The number of ether oxygens (including phenoxy) is 1. The highest BCUT2D eigenvalue weighted by Crippen LogP contribution is 2.44. The number of benzene rings is 1. The van der Waals surface area contributed by atoms with Gasteiger partial charge in [-0.2, -0.15) is 4.48 Å². The fourth-order valence-corrected chi connectivity index (χ4v) is 3.99. The zero-order valence-corrected chi connectivity index (χ0v) is 17.9. The number of nitrogens with zero attached hydrogens (tertiary/aromatic N) is 2. The standard InChI is InChI=1S/C19H27N5O4S/c1-19(2,3)28-17(26)23-12(8-7-11-22-16(20)21)15(25)24(4)13-9-5-6-10-14(13)29-18(24)27/h5-6,9-10,12H,7-8,11H2,1-4H3,(H4-,20,21,22,23,26)/p+1/t12-,24?/m0/s1. The minimum Gasteiger partial charge on any atom is -0.444 e. The van der Waals surface area contributed by atoms with Gasteiger partial charge in [0.25, 0.3) is 0 Å². The number of hydrogen-bond acceptors (Lipinski definition) is 6. The molecule has 1 unspecified atom stereocenters. The molecule has 0 aliphatic carbocycles. The van der Waals surface area contributed by atoms with Crippen molar-refractivity contribution in [3.8, 4) is 0 Å². The molecule has 158 valence electrons. The summed E-state index contributed by atoms with van der Waals surface area (Å²) in [6, 6.07) is 6.18. The van der Waals surface area contributed by atoms with E-state index >= 15 is 0 Å². The molecule has 3 amide bonds. The van der Waals surface area contributed by atoms with E-state index in [0.29, 0.717) is 18.7 Å². The van der Waals surface area contributed by atoms with Crippen LogP contribution in [0.25, 0.3) is 0 Å². The van der Waals surface area contributed by atoms with Crippen molar-refractivity contribution in [1.29, 1.82) is 0 Å². The lowest BCUT2D eigenvalue weighted by atomic mass is 10.1. The molecule has 9 nitrogen and oxygen atoms in total. The molecule has 0 bridgehead atoms. The van der Waals surface area contributed by atoms with Gasteiger partial charge in [-0.1, -0.05) is 12.1 Å². The Balaban J connectivity index is 2.26. The molecule has 2 atom stereocenters. The second kappa shape index (κ2) is 8.83. The second-order valence-electron chi connectivity index (χ2n) is 7.83. The first kappa shape index (κ1) is 22.7. The van der Waals surface area contributed by atoms with Gasteiger partial charge in [0, 0.05) is 24.4 Å². The molecule has 0 saturated carbocycles. The molecule has 1 aliphatic heterocycles. The number of nitrogens with one attached hydrogen (secondary N) is 1. The van der Waals surface area contributed by atoms with Crippen molar-refractivity contribution in [1.82, 2.24) is 9.80 Å². The molecular weight excluding hydrogens is 394 g/mol. The highest BCUT2D eigenvalue weighted by molar-refractivity contribution is 8.14. The van der Waals surface area contributed by atoms with E-state index in [9.17, 15) is 14.4 Å². The van der Waals surface area contributed by atoms with Crippen molar-refractivity contribution < 1.29 is 19.1 Å². The summed E-state index contributed by atoms with van der Waals surface area (Å²) in [6.45, 7) is 5.48. The van der Waals surface area contributed by atoms with Gasteiger partial charge in [-0.05, 0) is 39.7 Å². The largest absolute Gasteiger partial charge is 0.444 e. The fraction of sp³-hybridized carbons (Fsp3) is 0.474. The number of carbonyl (C=O) groups excluding carboxylic acids is 3. The first-order chi connectivity index (χ1) is 13.4. The summed E-state index contributed by atoms with van der Waals surface area (Å²) in [6.07, 6.45) is -0.0347. The molecule has 1 aliphatic rings. The van der Waals surface area contributed by atoms with Crippen LogP contribution in [0.2, 0.25) is 0 Å². The summed E-state index contributed by atoms with van der Waals surface area (Å²) in [5, 5.41) is 2.29. The van der Waals surface area contributed by atoms with Crippen LogP contribution in [0.1, 0.15) is 33.6 Å². The van der Waals surface area contributed by atoms with Crippen LogP contribution in [0.5, 0.6) is 0 Å². The van der Waals surface area contributed by atoms with Crippen LogP contribution >= 0.6 is 11.8 Å². The Bertz CT molecular complexity index is 832. The van der Waals surface area contributed by atoms with Gasteiger partial charge in [-0.3, -0.25) is 4.99 Å². The van der Waals surface area contributed by atoms with Crippen molar-refractivity contribution in [3.63, 3.8) is 0 Å². The minimum atomic E-state index is -0.945. The number of fused-ring (bicyclic) bond motifs is 1. The number of carbonyl (C=O) groups is 3. The maximum atomic E-state index is 13.5. The monoisotopic (exact) mass is 422 g/mol. The average Bonchev–Trinajstić information content (AvgIpc) is 2.87. The van der Waals surface area contributed by atoms with Crippen molar-refractivity contribution in [2.75, 3.05) is 13.6 Å². The van der Waals surface area contributed by atoms with Gasteiger partial charge in [0.15, 0.2) is 11.6 Å². The third-order valence-corrected chi connectivity index (χ3v) is 5.39. The molecule has 0 fully saturated rings. The van der Waals surface area contributed by atoms with Gasteiger partial charge in [0.1, 0.15) is 11.6 Å². The number of imide groups is 1. The zero-order chi connectivity index (χ0) is 21.8. The van der Waals surface area contributed by atoms with Crippen molar-refractivity contribution in [2.24, 2.45) is 16.5 Å². The van der Waals surface area contributed by atoms with E-state index in [4.69, 9.17) is 16.2 Å². The number of aliphatic imine (C=N–C) groups is 1. The van der Waals surface area contributed by atoms with E-state index in [1.165, 1.54) is 0 Å². The van der Waals surface area contributed by atoms with Crippen molar-refractivity contribution >= 4 is 40.6 Å². The molecule has 0 spiro atoms. The summed E-state index contributed by atoms with van der Waals surface area (Å²) in [4.78, 5) is 43.1. The average molecular weight is 423 g/mol. The molecule has 2 rings (SSSR count). The smallest absolute Gasteiger partial charge is 0.408 e. The minimum absolute atomic E-state index is 0.0491. The first-order valence-corrected chi connectivity index (χ1v) is 10.0. The van der Waals surface area contributed by atoms with Crippen LogP contribution in [0, 0.1) is 0 Å². The van der Waals surface area contributed by atoms with Crippen LogP contribution in [0.15, 0.2) is 34.2 Å². The van der Waals surface area contributed by atoms with Gasteiger partial charge in [0.2, 0.25) is 0 Å². The highest BCUT2D eigenvalue weighted by atomic mass is 32.2. The lowest BCUT2D eigenvalue weighted by Crippen LogP contribution is -2.60. The molecule has 0 aromatic heterocycles. The van der Waals surface area contributed by atoms with Crippen LogP contribution in [0.3, 0.4) is 0 Å². The van der Waals surface area contributed by atoms with E-state index in [0.717, 1.165) is 16.7 Å². The van der Waals surface area contributed by atoms with E-state index < -0.39 is 28.1 Å². The quantitative estimate of drug-likeness (QED) is 0.277. The predicted octanol–water partition coefficient (Wildman–Crippen LogP) is 2.32. The summed E-state index contributed by atoms with van der Waals surface area (Å²) in [5.41, 5.74) is 10.5. The lowest BCUT2D eigenvalue weighted by Gasteiger charge is -2.28. The summed E-state index contributed by atoms with van der Waals surface area (Å²) in [5.74, 6) is -0.491. The molecule has 0 radical (unpaired) electrons. The second-order valence-corrected chi connectivity index (χ2v) is 8.82. The van der Waals surface area contributed by atoms with Gasteiger partial charge < -0.3 is 21.5 Å². The Morgan fingerprint density at radius 2 is 1.93 bits per heavy atom. The normalized spacial score (nSPS) is 19.2. The van der Waals surface area contributed by atoms with E-state index in [2.05, 4.69) is 10.3 Å². The summed E-state index contributed by atoms with van der Waals surface area (Å²) >= 11 is 1.02. The molecule has 10 heteroatoms. The Kier molecular flexibility index (Phi) is 6.91. The number of amides is 3. The SMILES string of the molecule is CC(C)(C)OC(=O)N[C@@H](CCCN=C(N)N)C(=O)[N+]1(C)C(=O)Sc2ccccc21. The maximum absolute atomic E-state index is 13.5. The maximum Gasteiger partial charge on any atom is 0.408 e. The van der Waals surface area contributed by atoms with Crippen LogP contribution in [-0.2, 0) is 9.53 Å². The Morgan fingerprint density at radius 3 is 2.55 bits per heavy atom. The number of rotatable bonds is 6.